The molecule has 3 nitrogen and oxygen atoms in total. The third kappa shape index (κ3) is 1.63. The zero-order valence-corrected chi connectivity index (χ0v) is 8.69. The highest BCUT2D eigenvalue weighted by molar-refractivity contribution is 5.46. The molecule has 0 aliphatic heterocycles. The molecule has 0 unspecified atom stereocenters. The number of aromatic nitrogens is 2. The molecule has 1 aliphatic rings. The SMILES string of the molecule is NC1(CCc2cccc3ccnn23)CC1. The van der Waals surface area contributed by atoms with Gasteiger partial charge in [0, 0.05) is 17.4 Å². The molecule has 2 heterocycles. The summed E-state index contributed by atoms with van der Waals surface area (Å²) in [6.45, 7) is 0. The van der Waals surface area contributed by atoms with Crippen molar-refractivity contribution < 1.29 is 0 Å². The van der Waals surface area contributed by atoms with Crippen LogP contribution in [0.4, 0.5) is 0 Å². The smallest absolute Gasteiger partial charge is 0.0664 e. The summed E-state index contributed by atoms with van der Waals surface area (Å²) in [4.78, 5) is 0. The van der Waals surface area contributed by atoms with Crippen LogP contribution in [0.15, 0.2) is 30.5 Å². The number of pyridine rings is 1. The predicted octanol–water partition coefficient (Wildman–Crippen LogP) is 1.76. The van der Waals surface area contributed by atoms with E-state index in [4.69, 9.17) is 5.73 Å². The van der Waals surface area contributed by atoms with Crippen LogP contribution in [0.5, 0.6) is 0 Å². The van der Waals surface area contributed by atoms with Gasteiger partial charge in [-0.1, -0.05) is 6.07 Å². The summed E-state index contributed by atoms with van der Waals surface area (Å²) >= 11 is 0. The fourth-order valence-corrected chi connectivity index (χ4v) is 1.98. The van der Waals surface area contributed by atoms with Crippen molar-refractivity contribution in [3.63, 3.8) is 0 Å². The summed E-state index contributed by atoms with van der Waals surface area (Å²) < 4.78 is 2.01. The van der Waals surface area contributed by atoms with Crippen LogP contribution in [-0.4, -0.2) is 15.2 Å². The van der Waals surface area contributed by atoms with Crippen molar-refractivity contribution in [1.29, 1.82) is 0 Å². The molecule has 1 saturated carbocycles. The number of hydrogen-bond donors (Lipinski definition) is 1. The van der Waals surface area contributed by atoms with Crippen molar-refractivity contribution in [3.05, 3.63) is 36.2 Å². The summed E-state index contributed by atoms with van der Waals surface area (Å²) in [7, 11) is 0. The van der Waals surface area contributed by atoms with Crippen LogP contribution in [0.25, 0.3) is 5.52 Å². The molecule has 0 amide bonds. The van der Waals surface area contributed by atoms with E-state index in [9.17, 15) is 0 Å². The first-order valence-electron chi connectivity index (χ1n) is 5.47. The van der Waals surface area contributed by atoms with Crippen molar-refractivity contribution in [2.45, 2.75) is 31.2 Å². The third-order valence-corrected chi connectivity index (χ3v) is 3.27. The Labute approximate surface area is 88.9 Å². The molecule has 15 heavy (non-hydrogen) atoms. The Bertz CT molecular complexity index is 482. The Kier molecular flexibility index (Phi) is 1.83. The average Bonchev–Trinajstić information content (AvgIpc) is 2.80. The van der Waals surface area contributed by atoms with Crippen molar-refractivity contribution in [3.8, 4) is 0 Å². The second-order valence-electron chi connectivity index (χ2n) is 4.55. The molecule has 2 aromatic heterocycles. The maximum atomic E-state index is 6.08. The number of fused-ring (bicyclic) bond motifs is 1. The Morgan fingerprint density at radius 1 is 1.33 bits per heavy atom. The molecule has 3 heteroatoms. The molecule has 0 atom stereocenters. The van der Waals surface area contributed by atoms with Gasteiger partial charge in [-0.2, -0.15) is 5.10 Å². The lowest BCUT2D eigenvalue weighted by atomic mass is 10.1. The van der Waals surface area contributed by atoms with Gasteiger partial charge in [0.15, 0.2) is 0 Å². The Balaban J connectivity index is 1.86. The Morgan fingerprint density at radius 2 is 2.20 bits per heavy atom. The zero-order valence-electron chi connectivity index (χ0n) is 8.69. The molecular weight excluding hydrogens is 186 g/mol. The molecule has 0 saturated heterocycles. The minimum Gasteiger partial charge on any atom is -0.325 e. The van der Waals surface area contributed by atoms with Gasteiger partial charge in [0.05, 0.1) is 5.52 Å². The molecule has 3 rings (SSSR count). The second-order valence-corrected chi connectivity index (χ2v) is 4.55. The molecule has 0 spiro atoms. The van der Waals surface area contributed by atoms with Gasteiger partial charge >= 0.3 is 0 Å². The van der Waals surface area contributed by atoms with Crippen LogP contribution in [0.2, 0.25) is 0 Å². The molecule has 0 bridgehead atoms. The molecule has 1 fully saturated rings. The first-order chi connectivity index (χ1) is 7.27. The molecule has 78 valence electrons. The van der Waals surface area contributed by atoms with E-state index in [0.717, 1.165) is 18.4 Å². The fraction of sp³-hybridized carbons (Fsp3) is 0.417. The van der Waals surface area contributed by atoms with Gasteiger partial charge in [0.1, 0.15) is 0 Å². The van der Waals surface area contributed by atoms with E-state index in [-0.39, 0.29) is 5.54 Å². The molecule has 1 aliphatic carbocycles. The quantitative estimate of drug-likeness (QED) is 0.822. The number of rotatable bonds is 3. The van der Waals surface area contributed by atoms with Crippen molar-refractivity contribution in [2.24, 2.45) is 5.73 Å². The van der Waals surface area contributed by atoms with Crippen LogP contribution >= 0.6 is 0 Å². The van der Waals surface area contributed by atoms with Crippen molar-refractivity contribution in [1.82, 2.24) is 9.61 Å². The Hall–Kier alpha value is -1.35. The van der Waals surface area contributed by atoms with Gasteiger partial charge in [-0.3, -0.25) is 0 Å². The maximum Gasteiger partial charge on any atom is 0.0664 e. The largest absolute Gasteiger partial charge is 0.325 e. The molecular formula is C12H15N3. The molecule has 0 aromatic carbocycles. The number of nitrogens with two attached hydrogens (primary N) is 1. The van der Waals surface area contributed by atoms with Gasteiger partial charge < -0.3 is 5.73 Å². The first kappa shape index (κ1) is 8.92. The first-order valence-corrected chi connectivity index (χ1v) is 5.47. The highest BCUT2D eigenvalue weighted by atomic mass is 15.2. The summed E-state index contributed by atoms with van der Waals surface area (Å²) in [5, 5.41) is 4.32. The second kappa shape index (κ2) is 3.07. The minimum absolute atomic E-state index is 0.134. The Morgan fingerprint density at radius 3 is 3.00 bits per heavy atom. The summed E-state index contributed by atoms with van der Waals surface area (Å²) in [6.07, 6.45) is 6.31. The fourth-order valence-electron chi connectivity index (χ4n) is 1.98. The van der Waals surface area contributed by atoms with Crippen LogP contribution < -0.4 is 5.73 Å². The zero-order chi connectivity index (χ0) is 10.3. The highest BCUT2D eigenvalue weighted by Crippen LogP contribution is 2.36. The molecule has 2 aromatic rings. The lowest BCUT2D eigenvalue weighted by Crippen LogP contribution is -2.22. The summed E-state index contributed by atoms with van der Waals surface area (Å²) in [5.74, 6) is 0. The van der Waals surface area contributed by atoms with Crippen LogP contribution in [-0.2, 0) is 6.42 Å². The summed E-state index contributed by atoms with van der Waals surface area (Å²) in [6, 6.07) is 8.32. The minimum atomic E-state index is 0.134. The normalized spacial score (nSPS) is 18.2. The number of nitrogens with zero attached hydrogens (tertiary/aromatic N) is 2. The van der Waals surface area contributed by atoms with Gasteiger partial charge in [-0.25, -0.2) is 4.52 Å². The molecule has 0 radical (unpaired) electrons. The van der Waals surface area contributed by atoms with E-state index in [2.05, 4.69) is 23.3 Å². The van der Waals surface area contributed by atoms with Gasteiger partial charge in [0.25, 0.3) is 0 Å². The van der Waals surface area contributed by atoms with E-state index in [0.29, 0.717) is 0 Å². The van der Waals surface area contributed by atoms with Gasteiger partial charge in [0.2, 0.25) is 0 Å². The topological polar surface area (TPSA) is 43.3 Å². The maximum absolute atomic E-state index is 6.08. The van der Waals surface area contributed by atoms with E-state index >= 15 is 0 Å². The monoisotopic (exact) mass is 201 g/mol. The van der Waals surface area contributed by atoms with Gasteiger partial charge in [-0.05, 0) is 43.9 Å². The highest BCUT2D eigenvalue weighted by Gasteiger charge is 2.37. The van der Waals surface area contributed by atoms with Gasteiger partial charge in [-0.15, -0.1) is 0 Å². The van der Waals surface area contributed by atoms with E-state index < -0.39 is 0 Å². The lowest BCUT2D eigenvalue weighted by molar-refractivity contribution is 0.596. The van der Waals surface area contributed by atoms with E-state index in [1.807, 2.05) is 16.8 Å². The van der Waals surface area contributed by atoms with Crippen molar-refractivity contribution >= 4 is 5.52 Å². The van der Waals surface area contributed by atoms with E-state index in [1.54, 1.807) is 0 Å². The standard InChI is InChI=1S/C12H15N3/c13-12(7-8-12)6-4-10-2-1-3-11-5-9-14-15(10)11/h1-3,5,9H,4,6-8,13H2. The van der Waals surface area contributed by atoms with Crippen LogP contribution in [0.3, 0.4) is 0 Å². The number of aryl methyl sites for hydroxylation is 1. The van der Waals surface area contributed by atoms with Crippen LogP contribution in [0, 0.1) is 0 Å². The third-order valence-electron chi connectivity index (χ3n) is 3.27. The van der Waals surface area contributed by atoms with Crippen LogP contribution in [0.1, 0.15) is 25.0 Å². The summed E-state index contributed by atoms with van der Waals surface area (Å²) in [5.41, 5.74) is 8.64. The molecule has 2 N–H and O–H groups in total. The average molecular weight is 201 g/mol. The lowest BCUT2D eigenvalue weighted by Gasteiger charge is -2.09. The number of hydrogen-bond acceptors (Lipinski definition) is 2. The predicted molar refractivity (Wildman–Crippen MR) is 59.7 cm³/mol. The van der Waals surface area contributed by atoms with Crippen molar-refractivity contribution in [2.75, 3.05) is 0 Å². The van der Waals surface area contributed by atoms with E-state index in [1.165, 1.54) is 18.5 Å².